The fraction of sp³-hybridized carbons (Fsp3) is 0.150. The molecular formula is C20H18N4O3. The van der Waals surface area contributed by atoms with E-state index in [1.54, 1.807) is 43.5 Å². The van der Waals surface area contributed by atoms with E-state index in [9.17, 15) is 9.59 Å². The summed E-state index contributed by atoms with van der Waals surface area (Å²) in [6, 6.07) is 15.8. The van der Waals surface area contributed by atoms with Crippen LogP contribution in [0.1, 0.15) is 32.0 Å². The predicted octanol–water partition coefficient (Wildman–Crippen LogP) is 2.44. The van der Waals surface area contributed by atoms with Gasteiger partial charge >= 0.3 is 0 Å². The van der Waals surface area contributed by atoms with E-state index >= 15 is 0 Å². The standard InChI is InChI=1S/C20H18N4O3/c1-27-15-9-7-13(8-10-15)19(25)22-18-16-11-21-12-17(16)24(23-18)20(26)14-5-3-2-4-6-14/h2-10,21H,11-12H2,1H3,(H,22,23,25). The van der Waals surface area contributed by atoms with Crippen molar-refractivity contribution < 1.29 is 14.3 Å². The number of benzene rings is 2. The van der Waals surface area contributed by atoms with E-state index in [2.05, 4.69) is 15.7 Å². The number of carbonyl (C=O) groups is 2. The zero-order chi connectivity index (χ0) is 18.8. The summed E-state index contributed by atoms with van der Waals surface area (Å²) in [7, 11) is 1.57. The largest absolute Gasteiger partial charge is 0.497 e. The summed E-state index contributed by atoms with van der Waals surface area (Å²) >= 11 is 0. The van der Waals surface area contributed by atoms with Crippen molar-refractivity contribution in [2.45, 2.75) is 13.1 Å². The Morgan fingerprint density at radius 1 is 1.04 bits per heavy atom. The number of nitrogens with zero attached hydrogens (tertiary/aromatic N) is 2. The molecule has 2 aromatic carbocycles. The summed E-state index contributed by atoms with van der Waals surface area (Å²) in [5, 5.41) is 10.4. The molecule has 0 saturated heterocycles. The SMILES string of the molecule is COc1ccc(C(=O)Nc2nn(C(=O)c3ccccc3)c3c2CNC3)cc1. The fourth-order valence-electron chi connectivity index (χ4n) is 3.05. The minimum atomic E-state index is -0.288. The number of amides is 1. The third-order valence-electron chi connectivity index (χ3n) is 4.48. The lowest BCUT2D eigenvalue weighted by Gasteiger charge is -2.06. The fourth-order valence-corrected chi connectivity index (χ4v) is 3.05. The van der Waals surface area contributed by atoms with Gasteiger partial charge in [0.15, 0.2) is 5.82 Å². The number of hydrogen-bond donors (Lipinski definition) is 2. The Labute approximate surface area is 156 Å². The second-order valence-electron chi connectivity index (χ2n) is 6.14. The molecule has 0 spiro atoms. The second-order valence-corrected chi connectivity index (χ2v) is 6.14. The van der Waals surface area contributed by atoms with Crippen molar-refractivity contribution in [1.82, 2.24) is 15.1 Å². The quantitative estimate of drug-likeness (QED) is 0.745. The summed E-state index contributed by atoms with van der Waals surface area (Å²) in [5.74, 6) is 0.569. The lowest BCUT2D eigenvalue weighted by Crippen LogP contribution is -2.19. The van der Waals surface area contributed by atoms with Crippen LogP contribution in [-0.4, -0.2) is 28.7 Å². The summed E-state index contributed by atoms with van der Waals surface area (Å²) in [4.78, 5) is 25.3. The van der Waals surface area contributed by atoms with Crippen LogP contribution in [0, 0.1) is 0 Å². The van der Waals surface area contributed by atoms with Gasteiger partial charge in [-0.2, -0.15) is 4.68 Å². The summed E-state index contributed by atoms with van der Waals surface area (Å²) in [6.45, 7) is 1.08. The van der Waals surface area contributed by atoms with Gasteiger partial charge in [-0.1, -0.05) is 18.2 Å². The smallest absolute Gasteiger partial charge is 0.278 e. The maximum absolute atomic E-state index is 12.8. The highest BCUT2D eigenvalue weighted by atomic mass is 16.5. The molecule has 7 nitrogen and oxygen atoms in total. The number of ether oxygens (including phenoxy) is 1. The first-order chi connectivity index (χ1) is 13.2. The first kappa shape index (κ1) is 17.0. The molecule has 0 atom stereocenters. The van der Waals surface area contributed by atoms with E-state index in [1.165, 1.54) is 4.68 Å². The zero-order valence-electron chi connectivity index (χ0n) is 14.7. The normalized spacial score (nSPS) is 12.5. The van der Waals surface area contributed by atoms with Crippen LogP contribution in [0.25, 0.3) is 0 Å². The molecule has 1 aliphatic heterocycles. The average Bonchev–Trinajstić information content (AvgIpc) is 3.32. The number of methoxy groups -OCH3 is 1. The number of anilines is 1. The molecule has 0 unspecified atom stereocenters. The van der Waals surface area contributed by atoms with Gasteiger partial charge in [-0.25, -0.2) is 0 Å². The molecule has 1 amide bonds. The average molecular weight is 362 g/mol. The van der Waals surface area contributed by atoms with Crippen LogP contribution < -0.4 is 15.4 Å². The summed E-state index contributed by atoms with van der Waals surface area (Å²) in [5.41, 5.74) is 2.64. The van der Waals surface area contributed by atoms with E-state index in [4.69, 9.17) is 4.74 Å². The van der Waals surface area contributed by atoms with Crippen LogP contribution in [0.15, 0.2) is 54.6 Å². The van der Waals surface area contributed by atoms with Crippen molar-refractivity contribution in [2.24, 2.45) is 0 Å². The molecular weight excluding hydrogens is 344 g/mol. The molecule has 3 aromatic rings. The monoisotopic (exact) mass is 362 g/mol. The van der Waals surface area contributed by atoms with Crippen LogP contribution in [0.3, 0.4) is 0 Å². The lowest BCUT2D eigenvalue weighted by atomic mass is 10.2. The van der Waals surface area contributed by atoms with Crippen LogP contribution in [0.5, 0.6) is 5.75 Å². The molecule has 2 N–H and O–H groups in total. The van der Waals surface area contributed by atoms with Gasteiger partial charge in [0.05, 0.1) is 12.8 Å². The van der Waals surface area contributed by atoms with Crippen LogP contribution in [0.2, 0.25) is 0 Å². The van der Waals surface area contributed by atoms with Crippen molar-refractivity contribution in [2.75, 3.05) is 12.4 Å². The summed E-state index contributed by atoms with van der Waals surface area (Å²) in [6.07, 6.45) is 0. The maximum Gasteiger partial charge on any atom is 0.278 e. The highest BCUT2D eigenvalue weighted by Gasteiger charge is 2.27. The molecule has 0 saturated carbocycles. The Morgan fingerprint density at radius 2 is 1.78 bits per heavy atom. The molecule has 0 fully saturated rings. The number of rotatable bonds is 4. The van der Waals surface area contributed by atoms with Gasteiger partial charge in [0.1, 0.15) is 5.75 Å². The number of aromatic nitrogens is 2. The van der Waals surface area contributed by atoms with Crippen molar-refractivity contribution >= 4 is 17.6 Å². The maximum atomic E-state index is 12.8. The second kappa shape index (κ2) is 7.05. The highest BCUT2D eigenvalue weighted by molar-refractivity contribution is 6.04. The van der Waals surface area contributed by atoms with Gasteiger partial charge < -0.3 is 15.4 Å². The number of nitrogens with one attached hydrogen (secondary N) is 2. The van der Waals surface area contributed by atoms with Gasteiger partial charge in [0.25, 0.3) is 11.8 Å². The van der Waals surface area contributed by atoms with Gasteiger partial charge in [-0.15, -0.1) is 5.10 Å². The van der Waals surface area contributed by atoms with E-state index < -0.39 is 0 Å². The van der Waals surface area contributed by atoms with Crippen LogP contribution >= 0.6 is 0 Å². The third kappa shape index (κ3) is 3.20. The lowest BCUT2D eigenvalue weighted by molar-refractivity contribution is 0.0939. The molecule has 0 bridgehead atoms. The zero-order valence-corrected chi connectivity index (χ0v) is 14.7. The Balaban J connectivity index is 1.62. The number of hydrogen-bond acceptors (Lipinski definition) is 5. The summed E-state index contributed by atoms with van der Waals surface area (Å²) < 4.78 is 6.48. The molecule has 136 valence electrons. The van der Waals surface area contributed by atoms with Crippen LogP contribution in [0.4, 0.5) is 5.82 Å². The van der Waals surface area contributed by atoms with Crippen molar-refractivity contribution in [3.05, 3.63) is 77.0 Å². The van der Waals surface area contributed by atoms with Crippen molar-refractivity contribution in [3.8, 4) is 5.75 Å². The molecule has 7 heteroatoms. The molecule has 0 aliphatic carbocycles. The first-order valence-corrected chi connectivity index (χ1v) is 8.54. The minimum absolute atomic E-state index is 0.222. The predicted molar refractivity (Wildman–Crippen MR) is 99.9 cm³/mol. The molecule has 0 radical (unpaired) electrons. The molecule has 1 aromatic heterocycles. The van der Waals surface area contributed by atoms with E-state index in [1.807, 2.05) is 18.2 Å². The minimum Gasteiger partial charge on any atom is -0.497 e. The molecule has 27 heavy (non-hydrogen) atoms. The van der Waals surface area contributed by atoms with Gasteiger partial charge in [0.2, 0.25) is 0 Å². The molecule has 2 heterocycles. The molecule has 1 aliphatic rings. The number of carbonyl (C=O) groups excluding carboxylic acids is 2. The van der Waals surface area contributed by atoms with Gasteiger partial charge in [-0.05, 0) is 36.4 Å². The third-order valence-corrected chi connectivity index (χ3v) is 4.48. The van der Waals surface area contributed by atoms with Crippen molar-refractivity contribution in [3.63, 3.8) is 0 Å². The van der Waals surface area contributed by atoms with E-state index in [-0.39, 0.29) is 11.8 Å². The van der Waals surface area contributed by atoms with E-state index in [0.717, 1.165) is 11.3 Å². The number of fused-ring (bicyclic) bond motifs is 1. The molecule has 4 rings (SSSR count). The van der Waals surface area contributed by atoms with Crippen LogP contribution in [-0.2, 0) is 13.1 Å². The highest BCUT2D eigenvalue weighted by Crippen LogP contribution is 2.25. The van der Waals surface area contributed by atoms with Gasteiger partial charge in [-0.3, -0.25) is 9.59 Å². The van der Waals surface area contributed by atoms with Crippen molar-refractivity contribution in [1.29, 1.82) is 0 Å². The Hall–Kier alpha value is -3.45. The Kier molecular flexibility index (Phi) is 4.43. The topological polar surface area (TPSA) is 85.2 Å². The van der Waals surface area contributed by atoms with E-state index in [0.29, 0.717) is 35.8 Å². The van der Waals surface area contributed by atoms with Gasteiger partial charge in [0, 0.05) is 29.8 Å². The Bertz CT molecular complexity index is 994. The Morgan fingerprint density at radius 3 is 2.48 bits per heavy atom. The first-order valence-electron chi connectivity index (χ1n) is 8.54.